The highest BCUT2D eigenvalue weighted by Gasteiger charge is 2.27. The molecule has 0 unspecified atom stereocenters. The Kier molecular flexibility index (Phi) is 4.39. The van der Waals surface area contributed by atoms with E-state index in [-0.39, 0.29) is 11.9 Å². The summed E-state index contributed by atoms with van der Waals surface area (Å²) in [5.74, 6) is 1.60. The molecule has 0 spiro atoms. The maximum Gasteiger partial charge on any atom is 0.251 e. The first kappa shape index (κ1) is 17.3. The summed E-state index contributed by atoms with van der Waals surface area (Å²) in [6, 6.07) is 7.72. The number of hydrogen-bond acceptors (Lipinski definition) is 6. The summed E-state index contributed by atoms with van der Waals surface area (Å²) < 4.78 is 1.93. The Bertz CT molecular complexity index is 981. The SMILES string of the molecule is Cc1nnc2c(N3CC[C@@H](NC(=O)c4cccc(N(C)C)c4)C3)nccn12. The third-order valence-electron chi connectivity index (χ3n) is 4.93. The Labute approximate surface area is 157 Å². The maximum absolute atomic E-state index is 12.6. The molecule has 0 radical (unpaired) electrons. The predicted octanol–water partition coefficient (Wildman–Crippen LogP) is 1.51. The number of hydrogen-bond donors (Lipinski definition) is 1. The van der Waals surface area contributed by atoms with Crippen LogP contribution in [0.3, 0.4) is 0 Å². The molecule has 140 valence electrons. The molecule has 4 rings (SSSR count). The van der Waals surface area contributed by atoms with Crippen molar-refractivity contribution in [2.24, 2.45) is 0 Å². The van der Waals surface area contributed by atoms with E-state index in [9.17, 15) is 4.79 Å². The molecule has 1 aromatic carbocycles. The summed E-state index contributed by atoms with van der Waals surface area (Å²) in [6.07, 6.45) is 4.49. The summed E-state index contributed by atoms with van der Waals surface area (Å²) in [4.78, 5) is 21.3. The number of fused-ring (bicyclic) bond motifs is 1. The molecule has 3 aromatic rings. The van der Waals surface area contributed by atoms with Gasteiger partial charge in [0.25, 0.3) is 5.91 Å². The molecule has 27 heavy (non-hydrogen) atoms. The molecule has 1 amide bonds. The third kappa shape index (κ3) is 3.30. The van der Waals surface area contributed by atoms with Gasteiger partial charge in [-0.1, -0.05) is 6.07 Å². The van der Waals surface area contributed by atoms with E-state index < -0.39 is 0 Å². The second-order valence-electron chi connectivity index (χ2n) is 7.04. The van der Waals surface area contributed by atoms with Crippen LogP contribution in [0.25, 0.3) is 5.65 Å². The van der Waals surface area contributed by atoms with Crippen molar-refractivity contribution in [3.63, 3.8) is 0 Å². The van der Waals surface area contributed by atoms with Crippen LogP contribution in [-0.2, 0) is 0 Å². The highest BCUT2D eigenvalue weighted by molar-refractivity contribution is 5.95. The van der Waals surface area contributed by atoms with Gasteiger partial charge < -0.3 is 15.1 Å². The van der Waals surface area contributed by atoms with Gasteiger partial charge in [0.15, 0.2) is 5.82 Å². The van der Waals surface area contributed by atoms with E-state index in [0.717, 1.165) is 35.9 Å². The van der Waals surface area contributed by atoms with Gasteiger partial charge in [0.2, 0.25) is 5.65 Å². The minimum Gasteiger partial charge on any atom is -0.378 e. The number of carbonyl (C=O) groups is 1. The number of carbonyl (C=O) groups excluding carboxylic acids is 1. The first-order chi connectivity index (χ1) is 13.0. The zero-order chi connectivity index (χ0) is 19.0. The lowest BCUT2D eigenvalue weighted by Crippen LogP contribution is -2.37. The molecule has 0 saturated carbocycles. The van der Waals surface area contributed by atoms with E-state index in [1.165, 1.54) is 0 Å². The molecule has 1 fully saturated rings. The van der Waals surface area contributed by atoms with E-state index in [1.54, 1.807) is 6.20 Å². The van der Waals surface area contributed by atoms with Crippen LogP contribution < -0.4 is 15.1 Å². The number of aromatic nitrogens is 4. The second-order valence-corrected chi connectivity index (χ2v) is 7.04. The molecular formula is C19H23N7O. The molecule has 3 heterocycles. The van der Waals surface area contributed by atoms with Crippen LogP contribution in [0, 0.1) is 6.92 Å². The predicted molar refractivity (Wildman–Crippen MR) is 104 cm³/mol. The van der Waals surface area contributed by atoms with Gasteiger partial charge in [0, 0.05) is 56.9 Å². The van der Waals surface area contributed by atoms with Crippen molar-refractivity contribution < 1.29 is 4.79 Å². The van der Waals surface area contributed by atoms with Crippen molar-refractivity contribution in [3.8, 4) is 0 Å². The Morgan fingerprint density at radius 2 is 2.15 bits per heavy atom. The number of benzene rings is 1. The standard InChI is InChI=1S/C19H23N7O/c1-13-22-23-18-17(20-8-10-26(13)18)25-9-7-15(12-25)21-19(27)14-5-4-6-16(11-14)24(2)3/h4-6,8,10-11,15H,7,9,12H2,1-3H3,(H,21,27)/t15-/m1/s1. The van der Waals surface area contributed by atoms with Gasteiger partial charge in [0.1, 0.15) is 5.82 Å². The lowest BCUT2D eigenvalue weighted by Gasteiger charge is -2.18. The van der Waals surface area contributed by atoms with Crippen LogP contribution in [0.4, 0.5) is 11.5 Å². The van der Waals surface area contributed by atoms with Crippen molar-refractivity contribution in [1.29, 1.82) is 0 Å². The summed E-state index contributed by atoms with van der Waals surface area (Å²) in [5.41, 5.74) is 2.43. The van der Waals surface area contributed by atoms with Crippen LogP contribution in [0.5, 0.6) is 0 Å². The molecule has 1 saturated heterocycles. The molecule has 0 bridgehead atoms. The van der Waals surface area contributed by atoms with E-state index in [4.69, 9.17) is 0 Å². The van der Waals surface area contributed by atoms with Gasteiger partial charge in [-0.05, 0) is 31.5 Å². The molecular weight excluding hydrogens is 342 g/mol. The molecule has 1 aliphatic heterocycles. The summed E-state index contributed by atoms with van der Waals surface area (Å²) in [7, 11) is 3.93. The zero-order valence-electron chi connectivity index (χ0n) is 15.8. The normalized spacial score (nSPS) is 16.7. The van der Waals surface area contributed by atoms with E-state index in [0.29, 0.717) is 12.1 Å². The van der Waals surface area contributed by atoms with E-state index >= 15 is 0 Å². The fraction of sp³-hybridized carbons (Fsp3) is 0.368. The van der Waals surface area contributed by atoms with E-state index in [1.807, 2.05) is 60.8 Å². The van der Waals surface area contributed by atoms with Crippen molar-refractivity contribution in [2.75, 3.05) is 37.0 Å². The van der Waals surface area contributed by atoms with Crippen LogP contribution in [0.15, 0.2) is 36.7 Å². The number of nitrogens with one attached hydrogen (secondary N) is 1. The number of nitrogens with zero attached hydrogens (tertiary/aromatic N) is 6. The number of anilines is 2. The highest BCUT2D eigenvalue weighted by atomic mass is 16.1. The van der Waals surface area contributed by atoms with Gasteiger partial charge in [-0.15, -0.1) is 10.2 Å². The highest BCUT2D eigenvalue weighted by Crippen LogP contribution is 2.22. The Morgan fingerprint density at radius 1 is 1.30 bits per heavy atom. The molecule has 0 aliphatic carbocycles. The van der Waals surface area contributed by atoms with Crippen molar-refractivity contribution >= 4 is 23.1 Å². The molecule has 2 aromatic heterocycles. The first-order valence-corrected chi connectivity index (χ1v) is 9.02. The van der Waals surface area contributed by atoms with Crippen molar-refractivity contribution in [3.05, 3.63) is 48.0 Å². The average Bonchev–Trinajstić information content (AvgIpc) is 3.29. The summed E-state index contributed by atoms with van der Waals surface area (Å²) in [5, 5.41) is 11.5. The molecule has 1 atom stereocenters. The smallest absolute Gasteiger partial charge is 0.251 e. The number of rotatable bonds is 4. The van der Waals surface area contributed by atoms with Gasteiger partial charge >= 0.3 is 0 Å². The lowest BCUT2D eigenvalue weighted by molar-refractivity contribution is 0.0940. The fourth-order valence-electron chi connectivity index (χ4n) is 3.42. The van der Waals surface area contributed by atoms with Crippen molar-refractivity contribution in [2.45, 2.75) is 19.4 Å². The quantitative estimate of drug-likeness (QED) is 0.755. The van der Waals surface area contributed by atoms with Gasteiger partial charge in [-0.3, -0.25) is 9.20 Å². The average molecular weight is 365 g/mol. The number of amides is 1. The molecule has 1 aliphatic rings. The zero-order valence-corrected chi connectivity index (χ0v) is 15.8. The Morgan fingerprint density at radius 3 is 2.96 bits per heavy atom. The van der Waals surface area contributed by atoms with Gasteiger partial charge in [-0.25, -0.2) is 4.98 Å². The van der Waals surface area contributed by atoms with Crippen molar-refractivity contribution in [1.82, 2.24) is 24.9 Å². The third-order valence-corrected chi connectivity index (χ3v) is 4.93. The fourth-order valence-corrected chi connectivity index (χ4v) is 3.42. The Hall–Kier alpha value is -3.16. The first-order valence-electron chi connectivity index (χ1n) is 9.02. The monoisotopic (exact) mass is 365 g/mol. The number of aryl methyl sites for hydroxylation is 1. The topological polar surface area (TPSA) is 78.7 Å². The van der Waals surface area contributed by atoms with Crippen LogP contribution in [-0.4, -0.2) is 58.7 Å². The minimum atomic E-state index is -0.0463. The molecule has 8 nitrogen and oxygen atoms in total. The Balaban J connectivity index is 1.47. The van der Waals surface area contributed by atoms with Gasteiger partial charge in [0.05, 0.1) is 0 Å². The van der Waals surface area contributed by atoms with Gasteiger partial charge in [-0.2, -0.15) is 0 Å². The van der Waals surface area contributed by atoms with Crippen LogP contribution >= 0.6 is 0 Å². The summed E-state index contributed by atoms with van der Waals surface area (Å²) in [6.45, 7) is 3.44. The molecule has 1 N–H and O–H groups in total. The van der Waals surface area contributed by atoms with Crippen LogP contribution in [0.1, 0.15) is 22.6 Å². The summed E-state index contributed by atoms with van der Waals surface area (Å²) >= 11 is 0. The minimum absolute atomic E-state index is 0.0463. The van der Waals surface area contributed by atoms with E-state index in [2.05, 4.69) is 25.4 Å². The van der Waals surface area contributed by atoms with Crippen LogP contribution in [0.2, 0.25) is 0 Å². The lowest BCUT2D eigenvalue weighted by atomic mass is 10.1. The maximum atomic E-state index is 12.6. The second kappa shape index (κ2) is 6.86. The largest absolute Gasteiger partial charge is 0.378 e. The molecule has 8 heteroatoms.